The molecule has 12 heavy (non-hydrogen) atoms. The zero-order valence-electron chi connectivity index (χ0n) is 7.48. The lowest BCUT2D eigenvalue weighted by Crippen LogP contribution is -2.21. The van der Waals surface area contributed by atoms with Crippen molar-refractivity contribution in [1.82, 2.24) is 5.32 Å². The summed E-state index contributed by atoms with van der Waals surface area (Å²) in [5.74, 6) is 0. The van der Waals surface area contributed by atoms with E-state index in [1.807, 2.05) is 0 Å². The Balaban J connectivity index is 2.97. The van der Waals surface area contributed by atoms with E-state index in [2.05, 4.69) is 5.32 Å². The van der Waals surface area contributed by atoms with Crippen LogP contribution in [0.25, 0.3) is 0 Å². The zero-order valence-corrected chi connectivity index (χ0v) is 8.24. The highest BCUT2D eigenvalue weighted by Crippen LogP contribution is 2.00. The van der Waals surface area contributed by atoms with E-state index in [0.717, 1.165) is 19.5 Å². The maximum atomic E-state index is 11.6. The molecule has 0 aromatic rings. The number of hydrogen-bond donors (Lipinski definition) is 1. The van der Waals surface area contributed by atoms with Crippen LogP contribution in [0.5, 0.6) is 0 Å². The van der Waals surface area contributed by atoms with Crippen LogP contribution in [0.2, 0.25) is 0 Å². The summed E-state index contributed by atoms with van der Waals surface area (Å²) in [5, 5.41) is 3.16. The first-order valence-electron chi connectivity index (χ1n) is 4.21. The number of nitrogens with one attached hydrogen (secondary N) is 1. The SMILES string of the molecule is COCC(Cl)CCNCCCF. The van der Waals surface area contributed by atoms with Gasteiger partial charge < -0.3 is 10.1 Å². The van der Waals surface area contributed by atoms with Gasteiger partial charge in [0, 0.05) is 7.11 Å². The van der Waals surface area contributed by atoms with Crippen LogP contribution in [0.15, 0.2) is 0 Å². The molecule has 0 aliphatic heterocycles. The molecule has 0 aromatic heterocycles. The van der Waals surface area contributed by atoms with Crippen LogP contribution in [0.3, 0.4) is 0 Å². The van der Waals surface area contributed by atoms with Crippen LogP contribution in [-0.4, -0.2) is 38.9 Å². The number of rotatable bonds is 8. The van der Waals surface area contributed by atoms with Crippen LogP contribution in [-0.2, 0) is 4.74 Å². The van der Waals surface area contributed by atoms with Gasteiger partial charge in [0.25, 0.3) is 0 Å². The van der Waals surface area contributed by atoms with Gasteiger partial charge in [0.2, 0.25) is 0 Å². The van der Waals surface area contributed by atoms with Crippen LogP contribution >= 0.6 is 11.6 Å². The average molecular weight is 198 g/mol. The van der Waals surface area contributed by atoms with Crippen molar-refractivity contribution in [2.75, 3.05) is 33.5 Å². The number of halogens is 2. The first-order valence-corrected chi connectivity index (χ1v) is 4.64. The number of alkyl halides is 2. The minimum absolute atomic E-state index is 0.0628. The second-order valence-electron chi connectivity index (χ2n) is 2.63. The van der Waals surface area contributed by atoms with E-state index in [-0.39, 0.29) is 12.1 Å². The summed E-state index contributed by atoms with van der Waals surface area (Å²) in [6, 6.07) is 0. The Labute approximate surface area is 78.4 Å². The molecule has 1 atom stereocenters. The summed E-state index contributed by atoms with van der Waals surface area (Å²) in [4.78, 5) is 0. The number of methoxy groups -OCH3 is 1. The van der Waals surface area contributed by atoms with Crippen LogP contribution < -0.4 is 5.32 Å². The molecule has 0 saturated heterocycles. The molecule has 0 radical (unpaired) electrons. The van der Waals surface area contributed by atoms with Crippen LogP contribution in [0.1, 0.15) is 12.8 Å². The van der Waals surface area contributed by atoms with Gasteiger partial charge in [-0.05, 0) is 25.9 Å². The predicted molar refractivity (Wildman–Crippen MR) is 49.6 cm³/mol. The Morgan fingerprint density at radius 3 is 2.83 bits per heavy atom. The van der Waals surface area contributed by atoms with Crippen molar-refractivity contribution in [2.45, 2.75) is 18.2 Å². The Morgan fingerprint density at radius 1 is 1.50 bits per heavy atom. The second-order valence-corrected chi connectivity index (χ2v) is 3.25. The van der Waals surface area contributed by atoms with Crippen molar-refractivity contribution >= 4 is 11.6 Å². The van der Waals surface area contributed by atoms with Crippen molar-refractivity contribution in [3.05, 3.63) is 0 Å². The number of ether oxygens (including phenoxy) is 1. The molecule has 2 nitrogen and oxygen atoms in total. The zero-order chi connectivity index (χ0) is 9.23. The molecule has 0 spiro atoms. The van der Waals surface area contributed by atoms with Gasteiger partial charge in [-0.2, -0.15) is 0 Å². The highest BCUT2D eigenvalue weighted by atomic mass is 35.5. The molecule has 0 fully saturated rings. The fraction of sp³-hybridized carbons (Fsp3) is 1.00. The highest BCUT2D eigenvalue weighted by Gasteiger charge is 2.01. The fourth-order valence-corrected chi connectivity index (χ4v) is 1.07. The Bertz CT molecular complexity index is 95.1. The summed E-state index contributed by atoms with van der Waals surface area (Å²) in [5.41, 5.74) is 0. The maximum absolute atomic E-state index is 11.6. The van der Waals surface area contributed by atoms with Crippen molar-refractivity contribution in [3.8, 4) is 0 Å². The minimum Gasteiger partial charge on any atom is -0.383 e. The summed E-state index contributed by atoms with van der Waals surface area (Å²) in [6.45, 7) is 1.88. The largest absolute Gasteiger partial charge is 0.383 e. The lowest BCUT2D eigenvalue weighted by molar-refractivity contribution is 0.195. The monoisotopic (exact) mass is 197 g/mol. The van der Waals surface area contributed by atoms with E-state index < -0.39 is 0 Å². The van der Waals surface area contributed by atoms with Gasteiger partial charge in [0.15, 0.2) is 0 Å². The summed E-state index contributed by atoms with van der Waals surface area (Å²) in [7, 11) is 1.63. The quantitative estimate of drug-likeness (QED) is 0.471. The smallest absolute Gasteiger partial charge is 0.0906 e. The lowest BCUT2D eigenvalue weighted by atomic mass is 10.3. The molecule has 0 amide bonds. The summed E-state index contributed by atoms with van der Waals surface area (Å²) >= 11 is 5.85. The molecule has 0 aliphatic carbocycles. The summed E-state index contributed by atoms with van der Waals surface area (Å²) in [6.07, 6.45) is 1.44. The molecule has 74 valence electrons. The van der Waals surface area contributed by atoms with Crippen molar-refractivity contribution < 1.29 is 9.13 Å². The predicted octanol–water partition coefficient (Wildman–Crippen LogP) is 1.58. The average Bonchev–Trinajstić information content (AvgIpc) is 2.05. The fourth-order valence-electron chi connectivity index (χ4n) is 0.840. The molecule has 1 unspecified atom stereocenters. The van der Waals surface area contributed by atoms with Crippen LogP contribution in [0.4, 0.5) is 4.39 Å². The van der Waals surface area contributed by atoms with Gasteiger partial charge in [0.05, 0.1) is 18.7 Å². The summed E-state index contributed by atoms with van der Waals surface area (Å²) < 4.78 is 16.5. The molecule has 0 rings (SSSR count). The Morgan fingerprint density at radius 2 is 2.25 bits per heavy atom. The van der Waals surface area contributed by atoms with Crippen molar-refractivity contribution in [3.63, 3.8) is 0 Å². The standard InChI is InChI=1S/C8H17ClFNO/c1-12-7-8(9)3-6-11-5-2-4-10/h8,11H,2-7H2,1H3. The van der Waals surface area contributed by atoms with E-state index in [0.29, 0.717) is 13.0 Å². The second kappa shape index (κ2) is 9.23. The van der Waals surface area contributed by atoms with Gasteiger partial charge in [-0.25, -0.2) is 0 Å². The molecular formula is C8H17ClFNO. The maximum Gasteiger partial charge on any atom is 0.0906 e. The Kier molecular flexibility index (Phi) is 9.34. The van der Waals surface area contributed by atoms with Gasteiger partial charge in [0.1, 0.15) is 0 Å². The van der Waals surface area contributed by atoms with Gasteiger partial charge in [-0.15, -0.1) is 11.6 Å². The van der Waals surface area contributed by atoms with Crippen molar-refractivity contribution in [1.29, 1.82) is 0 Å². The molecular weight excluding hydrogens is 181 g/mol. The van der Waals surface area contributed by atoms with Crippen molar-refractivity contribution in [2.24, 2.45) is 0 Å². The third-order valence-electron chi connectivity index (χ3n) is 1.47. The molecule has 4 heteroatoms. The van der Waals surface area contributed by atoms with Gasteiger partial charge in [-0.1, -0.05) is 0 Å². The third-order valence-corrected chi connectivity index (χ3v) is 1.81. The van der Waals surface area contributed by atoms with E-state index in [1.54, 1.807) is 7.11 Å². The lowest BCUT2D eigenvalue weighted by Gasteiger charge is -2.08. The first-order chi connectivity index (χ1) is 5.81. The van der Waals surface area contributed by atoms with E-state index in [1.165, 1.54) is 0 Å². The van der Waals surface area contributed by atoms with Crippen LogP contribution in [0, 0.1) is 0 Å². The highest BCUT2D eigenvalue weighted by molar-refractivity contribution is 6.20. The topological polar surface area (TPSA) is 21.3 Å². The van der Waals surface area contributed by atoms with E-state index >= 15 is 0 Å². The van der Waals surface area contributed by atoms with E-state index in [9.17, 15) is 4.39 Å². The van der Waals surface area contributed by atoms with Gasteiger partial charge in [-0.3, -0.25) is 4.39 Å². The molecule has 0 heterocycles. The first kappa shape index (κ1) is 12.1. The van der Waals surface area contributed by atoms with E-state index in [4.69, 9.17) is 16.3 Å². The van der Waals surface area contributed by atoms with Gasteiger partial charge >= 0.3 is 0 Å². The molecule has 0 aliphatic rings. The molecule has 0 bridgehead atoms. The third kappa shape index (κ3) is 8.24. The normalized spacial score (nSPS) is 13.2. The molecule has 0 saturated carbocycles. The number of hydrogen-bond acceptors (Lipinski definition) is 2. The molecule has 1 N–H and O–H groups in total. The molecule has 0 aromatic carbocycles. The Hall–Kier alpha value is 0.140. The minimum atomic E-state index is -0.255.